The summed E-state index contributed by atoms with van der Waals surface area (Å²) in [5.74, 6) is 0.680. The topological polar surface area (TPSA) is 22.2 Å². The van der Waals surface area contributed by atoms with Crippen molar-refractivity contribution < 1.29 is 4.74 Å². The van der Waals surface area contributed by atoms with Gasteiger partial charge in [-0.2, -0.15) is 0 Å². The van der Waals surface area contributed by atoms with Crippen molar-refractivity contribution in [1.29, 1.82) is 0 Å². The summed E-state index contributed by atoms with van der Waals surface area (Å²) in [4.78, 5) is 9.20. The molecule has 4 aromatic rings. The lowest BCUT2D eigenvalue weighted by molar-refractivity contribution is 0.125. The second kappa shape index (κ2) is 19.6. The van der Waals surface area contributed by atoms with Crippen molar-refractivity contribution in [3.63, 3.8) is 0 Å². The predicted octanol–water partition coefficient (Wildman–Crippen LogP) is 10.7. The van der Waals surface area contributed by atoms with E-state index >= 15 is 0 Å². The van der Waals surface area contributed by atoms with Gasteiger partial charge in [-0.05, 0) is 149 Å². The molecule has 0 saturated heterocycles. The molecule has 0 bridgehead atoms. The summed E-state index contributed by atoms with van der Waals surface area (Å²) in [5, 5.41) is 0. The van der Waals surface area contributed by atoms with E-state index < -0.39 is 0 Å². The Kier molecular flexibility index (Phi) is 15.3. The van der Waals surface area contributed by atoms with Crippen LogP contribution in [0.25, 0.3) is 0 Å². The molecule has 276 valence electrons. The van der Waals surface area contributed by atoms with Crippen LogP contribution in [0.2, 0.25) is 0 Å². The van der Waals surface area contributed by atoms with Crippen LogP contribution in [0.1, 0.15) is 98.6 Å². The van der Waals surface area contributed by atoms with E-state index in [-0.39, 0.29) is 0 Å². The third-order valence-corrected chi connectivity index (χ3v) is 10.7. The summed E-state index contributed by atoms with van der Waals surface area (Å²) < 4.78 is 6.37. The number of nitrogens with zero attached hydrogens (tertiary/aromatic N) is 4. The Morgan fingerprint density at radius 1 is 0.471 bits per heavy atom. The van der Waals surface area contributed by atoms with Gasteiger partial charge in [-0.25, -0.2) is 0 Å². The monoisotopic (exact) mass is 691 g/mol. The molecule has 5 heteroatoms. The van der Waals surface area contributed by atoms with Crippen molar-refractivity contribution in [2.75, 3.05) is 87.2 Å². The van der Waals surface area contributed by atoms with Crippen LogP contribution in [-0.4, -0.2) is 67.6 Å². The van der Waals surface area contributed by atoms with Crippen molar-refractivity contribution >= 4 is 22.7 Å². The first-order valence-electron chi connectivity index (χ1n) is 19.4. The highest BCUT2D eigenvalue weighted by molar-refractivity contribution is 5.55. The molecule has 0 radical (unpaired) electrons. The van der Waals surface area contributed by atoms with Gasteiger partial charge in [-0.3, -0.25) is 0 Å². The standard InChI is InChI=1S/C46H66N4O/c1-11-49(12-2)41-27-29-43(35(5)33-41)45(37-19-23-39(24-20-37)47(7)8)17-15-31-51-32-16-18-46(38-21-25-40(26-22-38)48(9)10)44-30-28-42(34-36(44)6)50(13-3)14-4/h19-30,33-34,45-46H,11-18,31-32H2,1-10H3. The minimum atomic E-state index is 0.340. The molecule has 0 N–H and O–H groups in total. The molecule has 51 heavy (non-hydrogen) atoms. The maximum atomic E-state index is 6.37. The number of rotatable bonds is 20. The highest BCUT2D eigenvalue weighted by Gasteiger charge is 2.20. The van der Waals surface area contributed by atoms with E-state index in [0.717, 1.165) is 65.1 Å². The molecule has 0 saturated carbocycles. The Morgan fingerprint density at radius 3 is 1.10 bits per heavy atom. The fraction of sp³-hybridized carbons (Fsp3) is 0.478. The third-order valence-electron chi connectivity index (χ3n) is 10.7. The van der Waals surface area contributed by atoms with E-state index in [2.05, 4.69) is 174 Å². The third kappa shape index (κ3) is 10.5. The molecule has 4 aromatic carbocycles. The summed E-state index contributed by atoms with van der Waals surface area (Å²) in [6.45, 7) is 19.1. The number of aryl methyl sites for hydroxylation is 2. The van der Waals surface area contributed by atoms with Gasteiger partial charge in [0.1, 0.15) is 0 Å². The molecule has 0 heterocycles. The fourth-order valence-corrected chi connectivity index (χ4v) is 7.57. The molecule has 2 unspecified atom stereocenters. The number of anilines is 4. The number of hydrogen-bond donors (Lipinski definition) is 0. The highest BCUT2D eigenvalue weighted by Crippen LogP contribution is 2.36. The average Bonchev–Trinajstić information content (AvgIpc) is 3.13. The molecule has 2 atom stereocenters. The number of hydrogen-bond acceptors (Lipinski definition) is 5. The van der Waals surface area contributed by atoms with E-state index in [0.29, 0.717) is 11.8 Å². The molecule has 0 fully saturated rings. The molecule has 0 amide bonds. The molecule has 0 spiro atoms. The summed E-state index contributed by atoms with van der Waals surface area (Å²) in [6, 6.07) is 32.4. The summed E-state index contributed by atoms with van der Waals surface area (Å²) in [7, 11) is 8.42. The zero-order chi connectivity index (χ0) is 36.9. The van der Waals surface area contributed by atoms with Crippen LogP contribution in [0.5, 0.6) is 0 Å². The molecule has 4 rings (SSSR count). The van der Waals surface area contributed by atoms with Gasteiger partial charge in [0.2, 0.25) is 0 Å². The van der Waals surface area contributed by atoms with Gasteiger partial charge >= 0.3 is 0 Å². The van der Waals surface area contributed by atoms with Gasteiger partial charge in [0, 0.05) is 102 Å². The first-order chi connectivity index (χ1) is 24.6. The maximum absolute atomic E-state index is 6.37. The highest BCUT2D eigenvalue weighted by atomic mass is 16.5. The number of benzene rings is 4. The summed E-state index contributed by atoms with van der Waals surface area (Å²) in [5.41, 5.74) is 13.4. The van der Waals surface area contributed by atoms with Gasteiger partial charge < -0.3 is 24.3 Å². The van der Waals surface area contributed by atoms with Gasteiger partial charge in [0.25, 0.3) is 0 Å². The summed E-state index contributed by atoms with van der Waals surface area (Å²) >= 11 is 0. The Morgan fingerprint density at radius 2 is 0.804 bits per heavy atom. The Balaban J connectivity index is 1.43. The zero-order valence-electron chi connectivity index (χ0n) is 33.5. The van der Waals surface area contributed by atoms with Crippen molar-refractivity contribution in [2.24, 2.45) is 0 Å². The van der Waals surface area contributed by atoms with Gasteiger partial charge in [0.05, 0.1) is 0 Å². The van der Waals surface area contributed by atoms with Gasteiger partial charge in [-0.1, -0.05) is 36.4 Å². The first-order valence-corrected chi connectivity index (χ1v) is 19.4. The molecular formula is C46H66N4O. The van der Waals surface area contributed by atoms with Crippen LogP contribution in [0, 0.1) is 13.8 Å². The normalized spacial score (nSPS) is 12.4. The van der Waals surface area contributed by atoms with Crippen molar-refractivity contribution in [2.45, 2.75) is 79.1 Å². The molecule has 5 nitrogen and oxygen atoms in total. The molecular weight excluding hydrogens is 625 g/mol. The molecule has 0 aliphatic carbocycles. The Labute approximate surface area is 311 Å². The van der Waals surface area contributed by atoms with E-state index in [1.165, 1.54) is 56.1 Å². The van der Waals surface area contributed by atoms with E-state index in [1.807, 2.05) is 0 Å². The average molecular weight is 691 g/mol. The van der Waals surface area contributed by atoms with Crippen LogP contribution in [0.3, 0.4) is 0 Å². The second-order valence-electron chi connectivity index (χ2n) is 14.4. The largest absolute Gasteiger partial charge is 0.381 e. The smallest absolute Gasteiger partial charge is 0.0466 e. The first kappa shape index (κ1) is 39.8. The van der Waals surface area contributed by atoms with E-state index in [4.69, 9.17) is 4.74 Å². The maximum Gasteiger partial charge on any atom is 0.0466 e. The molecule has 0 aliphatic rings. The van der Waals surface area contributed by atoms with E-state index in [1.54, 1.807) is 0 Å². The van der Waals surface area contributed by atoms with Gasteiger partial charge in [0.15, 0.2) is 0 Å². The lowest BCUT2D eigenvalue weighted by atomic mass is 9.84. The van der Waals surface area contributed by atoms with Crippen LogP contribution in [0.4, 0.5) is 22.7 Å². The van der Waals surface area contributed by atoms with Crippen molar-refractivity contribution in [1.82, 2.24) is 0 Å². The van der Waals surface area contributed by atoms with E-state index in [9.17, 15) is 0 Å². The van der Waals surface area contributed by atoms with Crippen LogP contribution in [-0.2, 0) is 4.74 Å². The van der Waals surface area contributed by atoms with Crippen LogP contribution < -0.4 is 19.6 Å². The zero-order valence-corrected chi connectivity index (χ0v) is 33.5. The fourth-order valence-electron chi connectivity index (χ4n) is 7.57. The predicted molar refractivity (Wildman–Crippen MR) is 224 cm³/mol. The Bertz CT molecular complexity index is 1480. The Hall–Kier alpha value is -3.96. The van der Waals surface area contributed by atoms with Gasteiger partial charge in [-0.15, -0.1) is 0 Å². The summed E-state index contributed by atoms with van der Waals surface area (Å²) in [6.07, 6.45) is 4.18. The number of ether oxygens (including phenoxy) is 1. The minimum Gasteiger partial charge on any atom is -0.381 e. The quantitative estimate of drug-likeness (QED) is 0.0859. The molecule has 0 aliphatic heterocycles. The molecule has 0 aromatic heterocycles. The van der Waals surface area contributed by atoms with Crippen LogP contribution in [0.15, 0.2) is 84.9 Å². The second-order valence-corrected chi connectivity index (χ2v) is 14.4. The lowest BCUT2D eigenvalue weighted by Crippen LogP contribution is -2.22. The minimum absolute atomic E-state index is 0.340. The van der Waals surface area contributed by atoms with Crippen LogP contribution >= 0.6 is 0 Å². The van der Waals surface area contributed by atoms with Crippen molar-refractivity contribution in [3.05, 3.63) is 118 Å². The van der Waals surface area contributed by atoms with Crippen molar-refractivity contribution in [3.8, 4) is 0 Å². The SMILES string of the molecule is CCN(CC)c1ccc(C(CCCOCCCC(c2ccc(N(C)C)cc2)c2ccc(N(CC)CC)cc2C)c2ccc(N(C)C)cc2)c(C)c1. The lowest BCUT2D eigenvalue weighted by Gasteiger charge is -2.25.